The molecule has 0 saturated carbocycles. The predicted molar refractivity (Wildman–Crippen MR) is 80.2 cm³/mol. The number of aryl methyl sites for hydroxylation is 2. The van der Waals surface area contributed by atoms with Crippen LogP contribution in [0.1, 0.15) is 11.1 Å². The van der Waals surface area contributed by atoms with Crippen LogP contribution in [-0.4, -0.2) is 9.97 Å². The molecule has 0 N–H and O–H groups in total. The third kappa shape index (κ3) is 1.72. The van der Waals surface area contributed by atoms with Crippen LogP contribution in [0.5, 0.6) is 0 Å². The van der Waals surface area contributed by atoms with Crippen molar-refractivity contribution in [3.05, 3.63) is 35.8 Å². The fourth-order valence-corrected chi connectivity index (χ4v) is 4.17. The largest absolute Gasteiger partial charge is 0.462 e. The lowest BCUT2D eigenvalue weighted by atomic mass is 10.3. The molecule has 0 unspecified atom stereocenters. The molecule has 0 radical (unpaired) electrons. The standard InChI is InChI=1S/C14H10N2O2S2/c1-7-3-5-17-9(7)11-15-13-14(19-11)16-12(20-13)10-8(2)4-6-18-10/h3-6H,1-2H3. The van der Waals surface area contributed by atoms with Gasteiger partial charge in [0.15, 0.2) is 31.2 Å². The van der Waals surface area contributed by atoms with Gasteiger partial charge in [0.25, 0.3) is 0 Å². The lowest BCUT2D eigenvalue weighted by Crippen LogP contribution is -1.75. The number of hydrogen-bond donors (Lipinski definition) is 0. The number of aromatic nitrogens is 2. The molecule has 0 bridgehead atoms. The second-order valence-corrected chi connectivity index (χ2v) is 6.47. The maximum Gasteiger partial charge on any atom is 0.165 e. The molecule has 100 valence electrons. The van der Waals surface area contributed by atoms with E-state index < -0.39 is 0 Å². The molecule has 6 heteroatoms. The van der Waals surface area contributed by atoms with Crippen LogP contribution in [0.3, 0.4) is 0 Å². The third-order valence-corrected chi connectivity index (χ3v) is 5.11. The molecule has 0 fully saturated rings. The monoisotopic (exact) mass is 302 g/mol. The first-order valence-electron chi connectivity index (χ1n) is 6.08. The maximum atomic E-state index is 5.48. The highest BCUT2D eigenvalue weighted by atomic mass is 32.1. The summed E-state index contributed by atoms with van der Waals surface area (Å²) in [6, 6.07) is 3.88. The van der Waals surface area contributed by atoms with Gasteiger partial charge in [-0.15, -0.1) is 0 Å². The van der Waals surface area contributed by atoms with E-state index in [-0.39, 0.29) is 0 Å². The minimum absolute atomic E-state index is 0.830. The molecule has 0 saturated heterocycles. The fraction of sp³-hybridized carbons (Fsp3) is 0.143. The molecule has 20 heavy (non-hydrogen) atoms. The molecule has 4 nitrogen and oxygen atoms in total. The van der Waals surface area contributed by atoms with Crippen molar-refractivity contribution in [3.8, 4) is 21.5 Å². The Labute approximate surface area is 122 Å². The maximum absolute atomic E-state index is 5.48. The molecule has 0 atom stereocenters. The number of furan rings is 2. The zero-order valence-corrected chi connectivity index (χ0v) is 12.5. The van der Waals surface area contributed by atoms with Crippen molar-refractivity contribution in [1.29, 1.82) is 0 Å². The van der Waals surface area contributed by atoms with Gasteiger partial charge in [0.05, 0.1) is 12.5 Å². The topological polar surface area (TPSA) is 52.1 Å². The summed E-state index contributed by atoms with van der Waals surface area (Å²) in [6.07, 6.45) is 3.37. The lowest BCUT2D eigenvalue weighted by Gasteiger charge is -1.92. The fourth-order valence-electron chi connectivity index (χ4n) is 2.02. The summed E-state index contributed by atoms with van der Waals surface area (Å²) in [5.41, 5.74) is 2.18. The van der Waals surface area contributed by atoms with Crippen molar-refractivity contribution in [2.45, 2.75) is 13.8 Å². The second kappa shape index (κ2) is 4.29. The molecule has 0 aliphatic rings. The highest BCUT2D eigenvalue weighted by molar-refractivity contribution is 7.29. The van der Waals surface area contributed by atoms with E-state index in [1.165, 1.54) is 0 Å². The summed E-state index contributed by atoms with van der Waals surface area (Å²) in [4.78, 5) is 11.1. The average molecular weight is 302 g/mol. The van der Waals surface area contributed by atoms with Crippen LogP contribution < -0.4 is 0 Å². The van der Waals surface area contributed by atoms with Gasteiger partial charge in [-0.2, -0.15) is 0 Å². The van der Waals surface area contributed by atoms with Crippen molar-refractivity contribution >= 4 is 32.3 Å². The molecule has 4 aromatic rings. The highest BCUT2D eigenvalue weighted by Crippen LogP contribution is 2.38. The Morgan fingerprint density at radius 1 is 0.800 bits per heavy atom. The van der Waals surface area contributed by atoms with Crippen LogP contribution in [0.4, 0.5) is 0 Å². The van der Waals surface area contributed by atoms with Gasteiger partial charge in [-0.1, -0.05) is 22.7 Å². The van der Waals surface area contributed by atoms with Crippen molar-refractivity contribution in [3.63, 3.8) is 0 Å². The van der Waals surface area contributed by atoms with Crippen LogP contribution in [0, 0.1) is 13.8 Å². The summed E-state index contributed by atoms with van der Waals surface area (Å²) < 4.78 is 11.0. The van der Waals surface area contributed by atoms with Crippen LogP contribution in [0.2, 0.25) is 0 Å². The Hall–Kier alpha value is -1.92. The van der Waals surface area contributed by atoms with Crippen molar-refractivity contribution < 1.29 is 8.83 Å². The zero-order valence-electron chi connectivity index (χ0n) is 10.8. The van der Waals surface area contributed by atoms with Gasteiger partial charge in [0.2, 0.25) is 0 Å². The molecule has 4 heterocycles. The molecule has 0 aromatic carbocycles. The number of rotatable bonds is 2. The summed E-state index contributed by atoms with van der Waals surface area (Å²) >= 11 is 3.09. The van der Waals surface area contributed by atoms with Gasteiger partial charge in [0.1, 0.15) is 0 Å². The van der Waals surface area contributed by atoms with E-state index in [2.05, 4.69) is 9.97 Å². The minimum Gasteiger partial charge on any atom is -0.462 e. The van der Waals surface area contributed by atoms with E-state index in [9.17, 15) is 0 Å². The number of nitrogens with zero attached hydrogens (tertiary/aromatic N) is 2. The van der Waals surface area contributed by atoms with Crippen LogP contribution >= 0.6 is 22.7 Å². The normalized spacial score (nSPS) is 11.5. The molecule has 0 aliphatic heterocycles. The molecular formula is C14H10N2O2S2. The van der Waals surface area contributed by atoms with Gasteiger partial charge >= 0.3 is 0 Å². The Bertz CT molecular complexity index is 796. The summed E-state index contributed by atoms with van der Waals surface area (Å²) in [6.45, 7) is 4.03. The Kier molecular flexibility index (Phi) is 2.55. The van der Waals surface area contributed by atoms with Crippen molar-refractivity contribution in [1.82, 2.24) is 9.97 Å². The van der Waals surface area contributed by atoms with Gasteiger partial charge in [-0.05, 0) is 37.1 Å². The van der Waals surface area contributed by atoms with Crippen LogP contribution in [0.25, 0.3) is 31.2 Å². The highest BCUT2D eigenvalue weighted by Gasteiger charge is 2.17. The lowest BCUT2D eigenvalue weighted by molar-refractivity contribution is 0.580. The smallest absolute Gasteiger partial charge is 0.165 e. The van der Waals surface area contributed by atoms with E-state index in [0.717, 1.165) is 42.3 Å². The van der Waals surface area contributed by atoms with Gasteiger partial charge in [0, 0.05) is 0 Å². The molecular weight excluding hydrogens is 292 g/mol. The zero-order chi connectivity index (χ0) is 13.7. The minimum atomic E-state index is 0.830. The van der Waals surface area contributed by atoms with E-state index in [0.29, 0.717) is 0 Å². The Morgan fingerprint density at radius 3 is 1.60 bits per heavy atom. The summed E-state index contributed by atoms with van der Waals surface area (Å²) in [5.74, 6) is 1.66. The SMILES string of the molecule is Cc1ccoc1-c1nc2sc(-c3occc3C)nc2s1. The van der Waals surface area contributed by atoms with Gasteiger partial charge < -0.3 is 8.83 Å². The van der Waals surface area contributed by atoms with E-state index in [4.69, 9.17) is 8.83 Å². The predicted octanol–water partition coefficient (Wildman–Crippen LogP) is 4.89. The molecule has 0 spiro atoms. The van der Waals surface area contributed by atoms with Gasteiger partial charge in [-0.3, -0.25) is 0 Å². The molecule has 0 aliphatic carbocycles. The Morgan fingerprint density at radius 2 is 1.25 bits per heavy atom. The van der Waals surface area contributed by atoms with E-state index >= 15 is 0 Å². The first kappa shape index (κ1) is 11.9. The quantitative estimate of drug-likeness (QED) is 0.529. The second-order valence-electron chi connectivity index (χ2n) is 4.51. The van der Waals surface area contributed by atoms with Crippen LogP contribution in [-0.2, 0) is 0 Å². The van der Waals surface area contributed by atoms with E-state index in [1.54, 1.807) is 35.2 Å². The number of fused-ring (bicyclic) bond motifs is 1. The summed E-state index contributed by atoms with van der Waals surface area (Å²) in [7, 11) is 0. The van der Waals surface area contributed by atoms with Crippen molar-refractivity contribution in [2.75, 3.05) is 0 Å². The number of hydrogen-bond acceptors (Lipinski definition) is 6. The third-order valence-electron chi connectivity index (χ3n) is 3.09. The molecule has 4 rings (SSSR count). The first-order valence-corrected chi connectivity index (χ1v) is 7.72. The summed E-state index contributed by atoms with van der Waals surface area (Å²) in [5, 5.41) is 1.76. The molecule has 4 aromatic heterocycles. The van der Waals surface area contributed by atoms with E-state index in [1.807, 2.05) is 26.0 Å². The Balaban J connectivity index is 1.82. The van der Waals surface area contributed by atoms with Crippen LogP contribution in [0.15, 0.2) is 33.5 Å². The van der Waals surface area contributed by atoms with Gasteiger partial charge in [-0.25, -0.2) is 9.97 Å². The van der Waals surface area contributed by atoms with Crippen molar-refractivity contribution in [2.24, 2.45) is 0 Å². The average Bonchev–Trinajstić information content (AvgIpc) is 3.10. The number of thiazole rings is 2. The molecule has 0 amide bonds. The first-order chi connectivity index (χ1) is 9.72.